The molecule has 0 aromatic heterocycles. The molecule has 2 rings (SSSR count). The number of rotatable bonds is 6. The SMILES string of the molecule is CCCC(=O)N1CC(CC(=O)O)CC(NC2CCCC2)C1. The second-order valence-electron chi connectivity index (χ2n) is 6.59. The number of amides is 1. The highest BCUT2D eigenvalue weighted by molar-refractivity contribution is 5.76. The van der Waals surface area contributed by atoms with Gasteiger partial charge in [0.2, 0.25) is 5.91 Å². The van der Waals surface area contributed by atoms with Crippen LogP contribution in [0.15, 0.2) is 0 Å². The largest absolute Gasteiger partial charge is 0.481 e. The van der Waals surface area contributed by atoms with Crippen LogP contribution in [0.4, 0.5) is 0 Å². The van der Waals surface area contributed by atoms with Crippen molar-refractivity contribution in [2.45, 2.75) is 70.4 Å². The van der Waals surface area contributed by atoms with Crippen LogP contribution < -0.4 is 5.32 Å². The topological polar surface area (TPSA) is 69.6 Å². The van der Waals surface area contributed by atoms with E-state index in [1.165, 1.54) is 25.7 Å². The van der Waals surface area contributed by atoms with Crippen molar-refractivity contribution in [1.82, 2.24) is 10.2 Å². The molecule has 120 valence electrons. The van der Waals surface area contributed by atoms with Crippen LogP contribution in [-0.2, 0) is 9.59 Å². The van der Waals surface area contributed by atoms with Crippen molar-refractivity contribution in [2.24, 2.45) is 5.92 Å². The van der Waals surface area contributed by atoms with Crippen LogP contribution >= 0.6 is 0 Å². The van der Waals surface area contributed by atoms with Crippen molar-refractivity contribution < 1.29 is 14.7 Å². The Morgan fingerprint density at radius 3 is 2.52 bits per heavy atom. The van der Waals surface area contributed by atoms with E-state index in [0.717, 1.165) is 19.4 Å². The molecule has 1 saturated heterocycles. The Bertz CT molecular complexity index is 367. The first-order valence-electron chi connectivity index (χ1n) is 8.34. The molecule has 5 nitrogen and oxygen atoms in total. The van der Waals surface area contributed by atoms with E-state index in [1.807, 2.05) is 11.8 Å². The van der Waals surface area contributed by atoms with Crippen LogP contribution in [0.3, 0.4) is 0 Å². The Hall–Kier alpha value is -1.10. The lowest BCUT2D eigenvalue weighted by Crippen LogP contribution is -2.53. The van der Waals surface area contributed by atoms with Gasteiger partial charge >= 0.3 is 5.97 Å². The minimum Gasteiger partial charge on any atom is -0.481 e. The van der Waals surface area contributed by atoms with Gasteiger partial charge in [-0.15, -0.1) is 0 Å². The van der Waals surface area contributed by atoms with E-state index in [9.17, 15) is 9.59 Å². The Morgan fingerprint density at radius 2 is 1.90 bits per heavy atom. The molecule has 1 amide bonds. The number of hydrogen-bond acceptors (Lipinski definition) is 3. The maximum atomic E-state index is 12.2. The van der Waals surface area contributed by atoms with Gasteiger partial charge in [0.05, 0.1) is 0 Å². The number of nitrogens with one attached hydrogen (secondary N) is 1. The second kappa shape index (κ2) is 7.78. The number of aliphatic carboxylic acids is 1. The standard InChI is InChI=1S/C16H28N2O3/c1-2-5-15(19)18-10-12(9-16(20)21)8-14(11-18)17-13-6-3-4-7-13/h12-14,17H,2-11H2,1H3,(H,20,21). The van der Waals surface area contributed by atoms with E-state index < -0.39 is 5.97 Å². The van der Waals surface area contributed by atoms with Gasteiger partial charge in [-0.05, 0) is 31.6 Å². The summed E-state index contributed by atoms with van der Waals surface area (Å²) >= 11 is 0. The summed E-state index contributed by atoms with van der Waals surface area (Å²) in [4.78, 5) is 25.0. The molecule has 1 aliphatic carbocycles. The maximum absolute atomic E-state index is 12.2. The monoisotopic (exact) mass is 296 g/mol. The van der Waals surface area contributed by atoms with E-state index in [-0.39, 0.29) is 24.3 Å². The first-order valence-corrected chi connectivity index (χ1v) is 8.34. The average molecular weight is 296 g/mol. The zero-order valence-electron chi connectivity index (χ0n) is 13.0. The molecule has 0 spiro atoms. The first-order chi connectivity index (χ1) is 10.1. The highest BCUT2D eigenvalue weighted by Crippen LogP contribution is 2.24. The fourth-order valence-corrected chi connectivity index (χ4v) is 3.72. The average Bonchev–Trinajstić information content (AvgIpc) is 2.90. The van der Waals surface area contributed by atoms with Crippen molar-refractivity contribution in [3.63, 3.8) is 0 Å². The van der Waals surface area contributed by atoms with Gasteiger partial charge < -0.3 is 15.3 Å². The van der Waals surface area contributed by atoms with Crippen LogP contribution in [0.5, 0.6) is 0 Å². The minimum atomic E-state index is -0.760. The van der Waals surface area contributed by atoms with Crippen LogP contribution in [0.2, 0.25) is 0 Å². The predicted octanol–water partition coefficient (Wildman–Crippen LogP) is 2.01. The lowest BCUT2D eigenvalue weighted by Gasteiger charge is -2.39. The Morgan fingerprint density at radius 1 is 1.19 bits per heavy atom. The number of carbonyl (C=O) groups is 2. The molecule has 0 radical (unpaired) electrons. The maximum Gasteiger partial charge on any atom is 0.303 e. The smallest absolute Gasteiger partial charge is 0.303 e. The summed E-state index contributed by atoms with van der Waals surface area (Å²) in [5, 5.41) is 12.7. The molecular weight excluding hydrogens is 268 g/mol. The Balaban J connectivity index is 1.94. The molecule has 0 aromatic rings. The Kier molecular flexibility index (Phi) is 6.03. The number of hydrogen-bond donors (Lipinski definition) is 2. The molecule has 1 heterocycles. The molecule has 2 atom stereocenters. The van der Waals surface area contributed by atoms with Crippen molar-refractivity contribution in [3.05, 3.63) is 0 Å². The van der Waals surface area contributed by atoms with Crippen molar-refractivity contribution in [3.8, 4) is 0 Å². The van der Waals surface area contributed by atoms with E-state index >= 15 is 0 Å². The van der Waals surface area contributed by atoms with Gasteiger partial charge in [0.15, 0.2) is 0 Å². The first kappa shape index (κ1) is 16.3. The number of carboxylic acids is 1. The number of likely N-dealkylation sites (tertiary alicyclic amines) is 1. The minimum absolute atomic E-state index is 0.0796. The number of piperidine rings is 1. The van der Waals surface area contributed by atoms with Crippen molar-refractivity contribution in [1.29, 1.82) is 0 Å². The van der Waals surface area contributed by atoms with Crippen LogP contribution in [0.1, 0.15) is 58.3 Å². The van der Waals surface area contributed by atoms with E-state index in [0.29, 0.717) is 19.0 Å². The third-order valence-electron chi connectivity index (χ3n) is 4.64. The Labute approximate surface area is 127 Å². The second-order valence-corrected chi connectivity index (χ2v) is 6.59. The summed E-state index contributed by atoms with van der Waals surface area (Å²) < 4.78 is 0. The number of carboxylic acid groups (broad SMARTS) is 1. The molecular formula is C16H28N2O3. The van der Waals surface area contributed by atoms with Gasteiger partial charge in [0.25, 0.3) is 0 Å². The van der Waals surface area contributed by atoms with Crippen LogP contribution in [0.25, 0.3) is 0 Å². The molecule has 0 aromatic carbocycles. The highest BCUT2D eigenvalue weighted by Gasteiger charge is 2.32. The lowest BCUT2D eigenvalue weighted by molar-refractivity contribution is -0.141. The third-order valence-corrected chi connectivity index (χ3v) is 4.64. The summed E-state index contributed by atoms with van der Waals surface area (Å²) in [6.07, 6.45) is 7.43. The number of carbonyl (C=O) groups excluding carboxylic acids is 1. The molecule has 0 bridgehead atoms. The fourth-order valence-electron chi connectivity index (χ4n) is 3.72. The molecule has 2 fully saturated rings. The molecule has 2 unspecified atom stereocenters. The van der Waals surface area contributed by atoms with Gasteiger partial charge in [-0.25, -0.2) is 0 Å². The van der Waals surface area contributed by atoms with Crippen LogP contribution in [0, 0.1) is 5.92 Å². The van der Waals surface area contributed by atoms with Crippen molar-refractivity contribution >= 4 is 11.9 Å². The summed E-state index contributed by atoms with van der Waals surface area (Å²) in [6.45, 7) is 3.35. The zero-order chi connectivity index (χ0) is 15.2. The molecule has 2 aliphatic rings. The van der Waals surface area contributed by atoms with E-state index in [4.69, 9.17) is 5.11 Å². The van der Waals surface area contributed by atoms with Gasteiger partial charge in [-0.1, -0.05) is 19.8 Å². The fraction of sp³-hybridized carbons (Fsp3) is 0.875. The quantitative estimate of drug-likeness (QED) is 0.786. The zero-order valence-corrected chi connectivity index (χ0v) is 13.0. The van der Waals surface area contributed by atoms with Gasteiger partial charge in [-0.2, -0.15) is 0 Å². The predicted molar refractivity (Wildman–Crippen MR) is 81.0 cm³/mol. The molecule has 1 aliphatic heterocycles. The third kappa shape index (κ3) is 4.99. The normalized spacial score (nSPS) is 27.0. The van der Waals surface area contributed by atoms with Crippen LogP contribution in [-0.4, -0.2) is 47.1 Å². The molecule has 21 heavy (non-hydrogen) atoms. The summed E-state index contributed by atoms with van der Waals surface area (Å²) in [5.41, 5.74) is 0. The lowest BCUT2D eigenvalue weighted by atomic mass is 9.90. The summed E-state index contributed by atoms with van der Waals surface area (Å²) in [6, 6.07) is 0.814. The van der Waals surface area contributed by atoms with Gasteiger partial charge in [-0.3, -0.25) is 9.59 Å². The molecule has 1 saturated carbocycles. The number of nitrogens with zero attached hydrogens (tertiary/aromatic N) is 1. The molecule has 2 N–H and O–H groups in total. The summed E-state index contributed by atoms with van der Waals surface area (Å²) in [7, 11) is 0. The highest BCUT2D eigenvalue weighted by atomic mass is 16.4. The van der Waals surface area contributed by atoms with Crippen molar-refractivity contribution in [2.75, 3.05) is 13.1 Å². The van der Waals surface area contributed by atoms with E-state index in [1.54, 1.807) is 0 Å². The van der Waals surface area contributed by atoms with Gasteiger partial charge in [0, 0.05) is 38.0 Å². The molecule has 5 heteroatoms. The van der Waals surface area contributed by atoms with E-state index in [2.05, 4.69) is 5.32 Å². The summed E-state index contributed by atoms with van der Waals surface area (Å²) in [5.74, 6) is -0.508. The van der Waals surface area contributed by atoms with Gasteiger partial charge in [0.1, 0.15) is 0 Å².